The number of hydrogen-bond acceptors (Lipinski definition) is 1. The molecule has 0 saturated heterocycles. The molecular weight excluding hydrogens is 370 g/mol. The lowest BCUT2D eigenvalue weighted by molar-refractivity contribution is 1.02. The normalized spacial score (nSPS) is 12.3. The van der Waals surface area contributed by atoms with Crippen molar-refractivity contribution < 1.29 is 0 Å². The van der Waals surface area contributed by atoms with Crippen LogP contribution in [0.3, 0.4) is 0 Å². The summed E-state index contributed by atoms with van der Waals surface area (Å²) in [5.41, 5.74) is 2.61. The molecule has 0 spiro atoms. The Kier molecular flexibility index (Phi) is 2.88. The Balaban J connectivity index is 1.76. The fourth-order valence-corrected chi connectivity index (χ4v) is 6.35. The average Bonchev–Trinajstić information content (AvgIpc) is 3.29. The zero-order chi connectivity index (χ0) is 19.1. The van der Waals surface area contributed by atoms with Crippen molar-refractivity contribution >= 4 is 74.9 Å². The Bertz CT molecular complexity index is 1760. The van der Waals surface area contributed by atoms with Crippen LogP contribution in [0, 0.1) is 0 Å². The van der Waals surface area contributed by atoms with E-state index in [0.29, 0.717) is 0 Å². The molecule has 1 nitrogen and oxygen atoms in total. The van der Waals surface area contributed by atoms with Gasteiger partial charge in [0.05, 0.1) is 5.52 Å². The third-order valence-electron chi connectivity index (χ3n) is 6.39. The van der Waals surface area contributed by atoms with Crippen molar-refractivity contribution in [2.75, 3.05) is 0 Å². The highest BCUT2D eigenvalue weighted by atomic mass is 32.1. The fourth-order valence-electron chi connectivity index (χ4n) is 5.08. The number of nitrogens with zero attached hydrogens (tertiary/aromatic N) is 1. The maximum absolute atomic E-state index is 2.35. The number of benzene rings is 5. The van der Waals surface area contributed by atoms with Crippen LogP contribution in [0.25, 0.3) is 63.5 Å². The van der Waals surface area contributed by atoms with Crippen molar-refractivity contribution in [3.63, 3.8) is 0 Å². The van der Waals surface area contributed by atoms with Gasteiger partial charge in [0.1, 0.15) is 0 Å². The monoisotopic (exact) mass is 387 g/mol. The summed E-state index contributed by atoms with van der Waals surface area (Å²) in [6.07, 6.45) is 0. The van der Waals surface area contributed by atoms with Crippen LogP contribution in [0.5, 0.6) is 0 Å². The molecule has 0 amide bonds. The molecule has 2 heterocycles. The summed E-state index contributed by atoms with van der Waals surface area (Å²) >= 11 is 1.91. The maximum Gasteiger partial charge on any atom is 0.0568 e. The summed E-state index contributed by atoms with van der Waals surface area (Å²) < 4.78 is 5.11. The number of fused-ring (bicyclic) bond motifs is 11. The zero-order valence-electron chi connectivity index (χ0n) is 15.9. The van der Waals surface area contributed by atoms with Crippen LogP contribution in [0.2, 0.25) is 0 Å². The molecule has 0 N–H and O–H groups in total. The predicted molar refractivity (Wildman–Crippen MR) is 128 cm³/mol. The number of aromatic nitrogens is 1. The minimum absolute atomic E-state index is 1.29. The van der Waals surface area contributed by atoms with E-state index in [1.165, 1.54) is 63.5 Å². The van der Waals surface area contributed by atoms with Crippen LogP contribution in [0.15, 0.2) is 84.9 Å². The topological polar surface area (TPSA) is 4.93 Å². The summed E-state index contributed by atoms with van der Waals surface area (Å²) in [5.74, 6) is 0. The highest BCUT2D eigenvalue weighted by Crippen LogP contribution is 2.43. The van der Waals surface area contributed by atoms with E-state index in [1.54, 1.807) is 0 Å². The maximum atomic E-state index is 2.35. The summed E-state index contributed by atoms with van der Waals surface area (Å²) in [7, 11) is 2.19. The van der Waals surface area contributed by atoms with Crippen molar-refractivity contribution in [1.29, 1.82) is 0 Å². The second-order valence-electron chi connectivity index (χ2n) is 7.84. The van der Waals surface area contributed by atoms with Gasteiger partial charge < -0.3 is 4.57 Å². The van der Waals surface area contributed by atoms with Crippen LogP contribution in [-0.2, 0) is 7.05 Å². The van der Waals surface area contributed by atoms with Gasteiger partial charge in [0.25, 0.3) is 0 Å². The molecule has 0 fully saturated rings. The summed E-state index contributed by atoms with van der Waals surface area (Å²) in [5, 5.41) is 10.8. The number of aryl methyl sites for hydroxylation is 1. The van der Waals surface area contributed by atoms with Gasteiger partial charge >= 0.3 is 0 Å². The summed E-state index contributed by atoms with van der Waals surface area (Å²) in [6.45, 7) is 0. The fraction of sp³-hybridized carbons (Fsp3) is 0.0370. The van der Waals surface area contributed by atoms with Crippen molar-refractivity contribution in [2.24, 2.45) is 7.05 Å². The molecule has 7 rings (SSSR count). The Hall–Kier alpha value is -3.36. The van der Waals surface area contributed by atoms with E-state index < -0.39 is 0 Å². The second kappa shape index (κ2) is 5.37. The second-order valence-corrected chi connectivity index (χ2v) is 8.89. The molecule has 136 valence electrons. The van der Waals surface area contributed by atoms with Crippen LogP contribution < -0.4 is 0 Å². The molecule has 29 heavy (non-hydrogen) atoms. The van der Waals surface area contributed by atoms with Gasteiger partial charge in [-0.2, -0.15) is 0 Å². The third kappa shape index (κ3) is 1.89. The van der Waals surface area contributed by atoms with Crippen LogP contribution in [0.1, 0.15) is 0 Å². The first kappa shape index (κ1) is 15.5. The molecule has 0 atom stereocenters. The lowest BCUT2D eigenvalue weighted by Crippen LogP contribution is -1.88. The highest BCUT2D eigenvalue weighted by Gasteiger charge is 2.15. The van der Waals surface area contributed by atoms with E-state index >= 15 is 0 Å². The van der Waals surface area contributed by atoms with E-state index in [-0.39, 0.29) is 0 Å². The first-order chi connectivity index (χ1) is 14.3. The van der Waals surface area contributed by atoms with Gasteiger partial charge in [-0.05, 0) is 22.9 Å². The van der Waals surface area contributed by atoms with E-state index in [9.17, 15) is 0 Å². The molecule has 0 aliphatic heterocycles. The molecule has 5 aromatic carbocycles. The standard InChI is InChI=1S/C27H17NS/c1-28-23-8-4-2-6-17(23)20-15-14-19-21(26(20)28)12-10-16-11-13-22-18-7-3-5-9-24(18)29-27(22)25(16)19/h2-15H,1H3. The first-order valence-electron chi connectivity index (χ1n) is 9.94. The van der Waals surface area contributed by atoms with Crippen LogP contribution in [0.4, 0.5) is 0 Å². The van der Waals surface area contributed by atoms with E-state index in [1.807, 2.05) is 11.3 Å². The van der Waals surface area contributed by atoms with Gasteiger partial charge in [0.2, 0.25) is 0 Å². The molecule has 2 aromatic heterocycles. The van der Waals surface area contributed by atoms with Crippen LogP contribution in [-0.4, -0.2) is 4.57 Å². The lowest BCUT2D eigenvalue weighted by Gasteiger charge is -2.08. The molecule has 0 bridgehead atoms. The zero-order valence-corrected chi connectivity index (χ0v) is 16.8. The first-order valence-corrected chi connectivity index (χ1v) is 10.8. The average molecular weight is 388 g/mol. The molecule has 0 radical (unpaired) electrons. The molecule has 0 aliphatic rings. The third-order valence-corrected chi connectivity index (χ3v) is 7.59. The smallest absolute Gasteiger partial charge is 0.0568 e. The number of hydrogen-bond donors (Lipinski definition) is 0. The van der Waals surface area contributed by atoms with E-state index in [0.717, 1.165) is 0 Å². The number of thiophene rings is 1. The predicted octanol–water partition coefficient (Wildman–Crippen LogP) is 8.01. The van der Waals surface area contributed by atoms with E-state index in [2.05, 4.69) is 96.5 Å². The van der Waals surface area contributed by atoms with Crippen molar-refractivity contribution in [3.05, 3.63) is 84.9 Å². The van der Waals surface area contributed by atoms with Crippen LogP contribution >= 0.6 is 11.3 Å². The SMILES string of the molecule is Cn1c2ccccc2c2ccc3c(ccc4ccc5c6ccccc6sc5c43)c21. The molecule has 0 saturated carbocycles. The summed E-state index contributed by atoms with van der Waals surface area (Å²) in [6, 6.07) is 31.3. The Morgan fingerprint density at radius 2 is 1.24 bits per heavy atom. The minimum atomic E-state index is 1.29. The van der Waals surface area contributed by atoms with Crippen molar-refractivity contribution in [3.8, 4) is 0 Å². The molecular formula is C27H17NS. The number of rotatable bonds is 0. The highest BCUT2D eigenvalue weighted by molar-refractivity contribution is 7.26. The Labute approximate surface area is 171 Å². The van der Waals surface area contributed by atoms with Gasteiger partial charge in [-0.1, -0.05) is 72.8 Å². The Morgan fingerprint density at radius 3 is 2.14 bits per heavy atom. The van der Waals surface area contributed by atoms with E-state index in [4.69, 9.17) is 0 Å². The molecule has 2 heteroatoms. The van der Waals surface area contributed by atoms with Crippen molar-refractivity contribution in [2.45, 2.75) is 0 Å². The van der Waals surface area contributed by atoms with Crippen molar-refractivity contribution in [1.82, 2.24) is 4.57 Å². The quantitative estimate of drug-likeness (QED) is 0.232. The molecule has 0 unspecified atom stereocenters. The minimum Gasteiger partial charge on any atom is -0.343 e. The lowest BCUT2D eigenvalue weighted by atomic mass is 9.98. The molecule has 7 aromatic rings. The van der Waals surface area contributed by atoms with Gasteiger partial charge in [-0.3, -0.25) is 0 Å². The largest absolute Gasteiger partial charge is 0.343 e. The number of para-hydroxylation sites is 1. The molecule has 0 aliphatic carbocycles. The van der Waals surface area contributed by atoms with Gasteiger partial charge in [-0.15, -0.1) is 11.3 Å². The van der Waals surface area contributed by atoms with Gasteiger partial charge in [-0.25, -0.2) is 0 Å². The van der Waals surface area contributed by atoms with Gasteiger partial charge in [0.15, 0.2) is 0 Å². The Morgan fingerprint density at radius 1 is 0.586 bits per heavy atom. The van der Waals surface area contributed by atoms with Gasteiger partial charge in [0, 0.05) is 54.3 Å². The summed E-state index contributed by atoms with van der Waals surface area (Å²) in [4.78, 5) is 0.